The van der Waals surface area contributed by atoms with E-state index in [0.29, 0.717) is 19.5 Å². The standard InChI is InChI=1S/C21H19N3OS/c25-21(14-17-6-3-5-16-4-1-2-7-19(16)17)22-10-12-24-11-8-20(23-24)18-9-13-26-15-18/h1-9,11,13,15H,10,12,14H2,(H,22,25). The zero-order valence-corrected chi connectivity index (χ0v) is 15.1. The number of carbonyl (C=O) groups excluding carboxylic acids is 1. The van der Waals surface area contributed by atoms with Crippen LogP contribution in [0.1, 0.15) is 5.56 Å². The van der Waals surface area contributed by atoms with Crippen molar-refractivity contribution < 1.29 is 4.79 Å². The molecule has 130 valence electrons. The molecule has 0 aliphatic heterocycles. The van der Waals surface area contributed by atoms with E-state index in [-0.39, 0.29) is 5.91 Å². The summed E-state index contributed by atoms with van der Waals surface area (Å²) in [5.41, 5.74) is 3.15. The monoisotopic (exact) mass is 361 g/mol. The molecule has 0 spiro atoms. The lowest BCUT2D eigenvalue weighted by molar-refractivity contribution is -0.120. The number of amides is 1. The normalized spacial score (nSPS) is 10.9. The molecule has 4 nitrogen and oxygen atoms in total. The summed E-state index contributed by atoms with van der Waals surface area (Å²) in [7, 11) is 0. The highest BCUT2D eigenvalue weighted by molar-refractivity contribution is 7.08. The maximum absolute atomic E-state index is 12.3. The molecule has 0 saturated carbocycles. The molecule has 1 N–H and O–H groups in total. The van der Waals surface area contributed by atoms with E-state index in [1.54, 1.807) is 11.3 Å². The van der Waals surface area contributed by atoms with E-state index in [0.717, 1.165) is 27.6 Å². The SMILES string of the molecule is O=C(Cc1cccc2ccccc12)NCCn1ccc(-c2ccsc2)n1. The summed E-state index contributed by atoms with van der Waals surface area (Å²) < 4.78 is 1.87. The van der Waals surface area contributed by atoms with Gasteiger partial charge in [-0.15, -0.1) is 0 Å². The summed E-state index contributed by atoms with van der Waals surface area (Å²) in [5.74, 6) is 0.0339. The fourth-order valence-corrected chi connectivity index (χ4v) is 3.69. The third kappa shape index (κ3) is 3.68. The Morgan fingerprint density at radius 2 is 1.96 bits per heavy atom. The zero-order valence-electron chi connectivity index (χ0n) is 14.3. The molecule has 5 heteroatoms. The molecule has 0 fully saturated rings. The molecule has 0 aliphatic rings. The van der Waals surface area contributed by atoms with Gasteiger partial charge in [0, 0.05) is 23.7 Å². The first-order valence-corrected chi connectivity index (χ1v) is 9.53. The average Bonchev–Trinajstić information content (AvgIpc) is 3.34. The van der Waals surface area contributed by atoms with Crippen molar-refractivity contribution in [3.63, 3.8) is 0 Å². The molecule has 0 unspecified atom stereocenters. The maximum Gasteiger partial charge on any atom is 0.224 e. The molecule has 1 amide bonds. The van der Waals surface area contributed by atoms with Crippen molar-refractivity contribution in [2.24, 2.45) is 0 Å². The van der Waals surface area contributed by atoms with Crippen LogP contribution in [0.4, 0.5) is 0 Å². The topological polar surface area (TPSA) is 46.9 Å². The van der Waals surface area contributed by atoms with Gasteiger partial charge in [0.2, 0.25) is 5.91 Å². The predicted molar refractivity (Wildman–Crippen MR) is 106 cm³/mol. The number of nitrogens with zero attached hydrogens (tertiary/aromatic N) is 2. The summed E-state index contributed by atoms with van der Waals surface area (Å²) in [6, 6.07) is 18.3. The van der Waals surface area contributed by atoms with E-state index in [1.807, 2.05) is 46.6 Å². The number of aromatic nitrogens is 2. The van der Waals surface area contributed by atoms with Crippen molar-refractivity contribution in [3.8, 4) is 11.3 Å². The van der Waals surface area contributed by atoms with Gasteiger partial charge in [-0.25, -0.2) is 0 Å². The molecular weight excluding hydrogens is 342 g/mol. The first-order valence-electron chi connectivity index (χ1n) is 8.59. The van der Waals surface area contributed by atoms with Crippen molar-refractivity contribution in [2.45, 2.75) is 13.0 Å². The van der Waals surface area contributed by atoms with Gasteiger partial charge in [-0.3, -0.25) is 9.48 Å². The molecule has 0 bridgehead atoms. The van der Waals surface area contributed by atoms with E-state index < -0.39 is 0 Å². The van der Waals surface area contributed by atoms with Crippen molar-refractivity contribution in [3.05, 3.63) is 77.1 Å². The molecule has 4 rings (SSSR count). The summed E-state index contributed by atoms with van der Waals surface area (Å²) in [6.45, 7) is 1.22. The number of hydrogen-bond donors (Lipinski definition) is 1. The number of thiophene rings is 1. The van der Waals surface area contributed by atoms with Crippen molar-refractivity contribution in [1.82, 2.24) is 15.1 Å². The molecule has 4 aromatic rings. The van der Waals surface area contributed by atoms with Crippen LogP contribution < -0.4 is 5.32 Å². The van der Waals surface area contributed by atoms with Crippen LogP contribution in [0, 0.1) is 0 Å². The summed E-state index contributed by atoms with van der Waals surface area (Å²) in [4.78, 5) is 12.3. The van der Waals surface area contributed by atoms with Gasteiger partial charge in [-0.05, 0) is 33.8 Å². The maximum atomic E-state index is 12.3. The van der Waals surface area contributed by atoms with Crippen LogP contribution in [0.25, 0.3) is 22.0 Å². The fourth-order valence-electron chi connectivity index (χ4n) is 3.04. The largest absolute Gasteiger partial charge is 0.354 e. The molecule has 0 radical (unpaired) electrons. The second-order valence-electron chi connectivity index (χ2n) is 6.14. The summed E-state index contributed by atoms with van der Waals surface area (Å²) >= 11 is 1.66. The Labute approximate surface area is 156 Å². The van der Waals surface area contributed by atoms with E-state index in [4.69, 9.17) is 0 Å². The Hall–Kier alpha value is -2.92. The third-order valence-electron chi connectivity index (χ3n) is 4.35. The number of hydrogen-bond acceptors (Lipinski definition) is 3. The smallest absolute Gasteiger partial charge is 0.224 e. The van der Waals surface area contributed by atoms with Crippen LogP contribution in [0.2, 0.25) is 0 Å². The lowest BCUT2D eigenvalue weighted by Gasteiger charge is -2.08. The Balaban J connectivity index is 1.33. The minimum atomic E-state index is 0.0339. The molecule has 0 atom stereocenters. The molecule has 0 saturated heterocycles. The van der Waals surface area contributed by atoms with Crippen molar-refractivity contribution in [2.75, 3.05) is 6.54 Å². The second kappa shape index (κ2) is 7.54. The zero-order chi connectivity index (χ0) is 17.8. The highest BCUT2D eigenvalue weighted by atomic mass is 32.1. The van der Waals surface area contributed by atoms with E-state index >= 15 is 0 Å². The number of fused-ring (bicyclic) bond motifs is 1. The van der Waals surface area contributed by atoms with Crippen LogP contribution >= 0.6 is 11.3 Å². The Morgan fingerprint density at radius 3 is 2.85 bits per heavy atom. The molecule has 2 aromatic carbocycles. The van der Waals surface area contributed by atoms with E-state index in [2.05, 4.69) is 40.1 Å². The Kier molecular flexibility index (Phi) is 4.80. The molecule has 2 heterocycles. The summed E-state index contributed by atoms with van der Waals surface area (Å²) in [6.07, 6.45) is 2.34. The number of carbonyl (C=O) groups is 1. The molecule has 26 heavy (non-hydrogen) atoms. The molecule has 0 aliphatic carbocycles. The van der Waals surface area contributed by atoms with Gasteiger partial charge < -0.3 is 5.32 Å². The number of rotatable bonds is 6. The van der Waals surface area contributed by atoms with Gasteiger partial charge in [0.1, 0.15) is 0 Å². The minimum absolute atomic E-state index is 0.0339. The average molecular weight is 361 g/mol. The van der Waals surface area contributed by atoms with Crippen molar-refractivity contribution in [1.29, 1.82) is 0 Å². The quantitative estimate of drug-likeness (QED) is 0.561. The van der Waals surface area contributed by atoms with Gasteiger partial charge in [0.25, 0.3) is 0 Å². The van der Waals surface area contributed by atoms with Crippen molar-refractivity contribution >= 4 is 28.0 Å². The van der Waals surface area contributed by atoms with Crippen LogP contribution in [-0.2, 0) is 17.8 Å². The highest BCUT2D eigenvalue weighted by Crippen LogP contribution is 2.20. The number of nitrogens with one attached hydrogen (secondary N) is 1. The lowest BCUT2D eigenvalue weighted by Crippen LogP contribution is -2.28. The van der Waals surface area contributed by atoms with E-state index in [9.17, 15) is 4.79 Å². The van der Waals surface area contributed by atoms with Crippen LogP contribution in [0.5, 0.6) is 0 Å². The summed E-state index contributed by atoms with van der Waals surface area (Å²) in [5, 5.41) is 14.0. The second-order valence-corrected chi connectivity index (χ2v) is 6.92. The fraction of sp³-hybridized carbons (Fsp3) is 0.143. The number of benzene rings is 2. The Morgan fingerprint density at radius 1 is 1.08 bits per heavy atom. The highest BCUT2D eigenvalue weighted by Gasteiger charge is 2.07. The van der Waals surface area contributed by atoms with Gasteiger partial charge in [-0.2, -0.15) is 16.4 Å². The van der Waals surface area contributed by atoms with Gasteiger partial charge in [-0.1, -0.05) is 42.5 Å². The van der Waals surface area contributed by atoms with Crippen LogP contribution in [0.15, 0.2) is 71.6 Å². The van der Waals surface area contributed by atoms with Gasteiger partial charge in [0.15, 0.2) is 0 Å². The molecular formula is C21H19N3OS. The van der Waals surface area contributed by atoms with E-state index in [1.165, 1.54) is 0 Å². The first kappa shape index (κ1) is 16.5. The first-order chi connectivity index (χ1) is 12.8. The Bertz CT molecular complexity index is 1020. The predicted octanol–water partition coefficient (Wildman–Crippen LogP) is 4.12. The van der Waals surface area contributed by atoms with Gasteiger partial charge in [0.05, 0.1) is 18.7 Å². The van der Waals surface area contributed by atoms with Gasteiger partial charge >= 0.3 is 0 Å². The van der Waals surface area contributed by atoms with Crippen LogP contribution in [0.3, 0.4) is 0 Å². The lowest BCUT2D eigenvalue weighted by atomic mass is 10.0. The molecule has 2 aromatic heterocycles. The minimum Gasteiger partial charge on any atom is -0.354 e. The third-order valence-corrected chi connectivity index (χ3v) is 5.03. The van der Waals surface area contributed by atoms with Crippen LogP contribution in [-0.4, -0.2) is 22.2 Å².